The minimum absolute atomic E-state index is 0. The Morgan fingerprint density at radius 1 is 1.12 bits per heavy atom. The molecule has 1 unspecified atom stereocenters. The number of benzene rings is 1. The summed E-state index contributed by atoms with van der Waals surface area (Å²) in [5.74, 6) is 1.81. The zero-order valence-electron chi connectivity index (χ0n) is 14.8. The lowest BCUT2D eigenvalue weighted by atomic mass is 10.1. The quantitative estimate of drug-likeness (QED) is 0.800. The van der Waals surface area contributed by atoms with Crippen molar-refractivity contribution >= 4 is 24.2 Å². The summed E-state index contributed by atoms with van der Waals surface area (Å²) >= 11 is 1.80. The Labute approximate surface area is 160 Å². The number of halogens is 1. The summed E-state index contributed by atoms with van der Waals surface area (Å²) in [6.45, 7) is 9.34. The molecule has 3 aliphatic heterocycles. The SMILES string of the molecule is CSc1cc2c(cc1CN1CCC(N3CCNCC3)C1)OCCO2.Cl. The molecule has 5 nitrogen and oxygen atoms in total. The molecule has 1 aromatic rings. The maximum Gasteiger partial charge on any atom is 0.162 e. The van der Waals surface area contributed by atoms with Crippen LogP contribution in [0.2, 0.25) is 0 Å². The molecule has 0 spiro atoms. The maximum atomic E-state index is 5.78. The second-order valence-electron chi connectivity index (χ2n) is 6.77. The molecule has 0 amide bonds. The number of hydrogen-bond donors (Lipinski definition) is 1. The second kappa shape index (κ2) is 8.82. The van der Waals surface area contributed by atoms with Crippen molar-refractivity contribution in [2.24, 2.45) is 0 Å². The van der Waals surface area contributed by atoms with Crippen molar-refractivity contribution in [2.75, 3.05) is 58.7 Å². The van der Waals surface area contributed by atoms with Gasteiger partial charge in [0, 0.05) is 56.8 Å². The minimum Gasteiger partial charge on any atom is -0.486 e. The topological polar surface area (TPSA) is 37.0 Å². The van der Waals surface area contributed by atoms with Crippen LogP contribution >= 0.6 is 24.2 Å². The number of nitrogens with one attached hydrogen (secondary N) is 1. The van der Waals surface area contributed by atoms with Crippen LogP contribution in [0.5, 0.6) is 11.5 Å². The highest BCUT2D eigenvalue weighted by molar-refractivity contribution is 7.98. The average Bonchev–Trinajstić information content (AvgIpc) is 3.10. The molecule has 4 rings (SSSR count). The van der Waals surface area contributed by atoms with Crippen LogP contribution in [0.4, 0.5) is 0 Å². The minimum atomic E-state index is 0. The van der Waals surface area contributed by atoms with Crippen molar-refractivity contribution in [1.82, 2.24) is 15.1 Å². The Morgan fingerprint density at radius 2 is 1.84 bits per heavy atom. The van der Waals surface area contributed by atoms with Crippen molar-refractivity contribution in [1.29, 1.82) is 0 Å². The van der Waals surface area contributed by atoms with Gasteiger partial charge in [-0.05, 0) is 30.4 Å². The van der Waals surface area contributed by atoms with E-state index in [4.69, 9.17) is 9.47 Å². The molecule has 0 bridgehead atoms. The predicted octanol–water partition coefficient (Wildman–Crippen LogP) is 2.08. The van der Waals surface area contributed by atoms with Gasteiger partial charge < -0.3 is 14.8 Å². The van der Waals surface area contributed by atoms with Crippen LogP contribution in [0.3, 0.4) is 0 Å². The fourth-order valence-electron chi connectivity index (χ4n) is 3.97. The van der Waals surface area contributed by atoms with Crippen LogP contribution in [-0.2, 0) is 6.54 Å². The second-order valence-corrected chi connectivity index (χ2v) is 7.62. The van der Waals surface area contributed by atoms with Gasteiger partial charge in [-0.1, -0.05) is 0 Å². The van der Waals surface area contributed by atoms with E-state index in [-0.39, 0.29) is 12.4 Å². The zero-order valence-corrected chi connectivity index (χ0v) is 16.5. The Bertz CT molecular complexity index is 584. The van der Waals surface area contributed by atoms with E-state index in [1.54, 1.807) is 11.8 Å². The first kappa shape index (κ1) is 19.1. The van der Waals surface area contributed by atoms with E-state index in [0.29, 0.717) is 13.2 Å². The van der Waals surface area contributed by atoms with E-state index < -0.39 is 0 Å². The third-order valence-electron chi connectivity index (χ3n) is 5.25. The number of ether oxygens (including phenoxy) is 2. The van der Waals surface area contributed by atoms with Gasteiger partial charge in [-0.2, -0.15) is 0 Å². The van der Waals surface area contributed by atoms with Gasteiger partial charge in [0.2, 0.25) is 0 Å². The molecule has 7 heteroatoms. The Hall–Kier alpha value is -0.660. The van der Waals surface area contributed by atoms with Crippen LogP contribution in [0.1, 0.15) is 12.0 Å². The highest BCUT2D eigenvalue weighted by atomic mass is 35.5. The smallest absolute Gasteiger partial charge is 0.162 e. The van der Waals surface area contributed by atoms with Crippen molar-refractivity contribution in [3.8, 4) is 11.5 Å². The molecular formula is C18H28ClN3O2S. The van der Waals surface area contributed by atoms with Crippen LogP contribution in [0, 0.1) is 0 Å². The Balaban J connectivity index is 0.00000182. The van der Waals surface area contributed by atoms with Gasteiger partial charge in [-0.25, -0.2) is 0 Å². The number of piperazine rings is 1. The molecule has 1 atom stereocenters. The lowest BCUT2D eigenvalue weighted by molar-refractivity contribution is 0.168. The van der Waals surface area contributed by atoms with Gasteiger partial charge >= 0.3 is 0 Å². The lowest BCUT2D eigenvalue weighted by Crippen LogP contribution is -2.49. The molecule has 1 N–H and O–H groups in total. The predicted molar refractivity (Wildman–Crippen MR) is 105 cm³/mol. The summed E-state index contributed by atoms with van der Waals surface area (Å²) in [5.41, 5.74) is 1.37. The molecule has 0 saturated carbocycles. The number of fused-ring (bicyclic) bond motifs is 1. The molecular weight excluding hydrogens is 358 g/mol. The van der Waals surface area contributed by atoms with E-state index >= 15 is 0 Å². The summed E-state index contributed by atoms with van der Waals surface area (Å²) in [4.78, 5) is 6.57. The third kappa shape index (κ3) is 4.37. The van der Waals surface area contributed by atoms with Gasteiger partial charge in [-0.3, -0.25) is 9.80 Å². The molecule has 140 valence electrons. The van der Waals surface area contributed by atoms with Crippen LogP contribution in [0.25, 0.3) is 0 Å². The van der Waals surface area contributed by atoms with Gasteiger partial charge in [0.1, 0.15) is 13.2 Å². The van der Waals surface area contributed by atoms with Gasteiger partial charge in [0.15, 0.2) is 11.5 Å². The largest absolute Gasteiger partial charge is 0.486 e. The van der Waals surface area contributed by atoms with Crippen molar-refractivity contribution in [2.45, 2.75) is 23.9 Å². The third-order valence-corrected chi connectivity index (χ3v) is 6.07. The molecule has 0 aromatic heterocycles. The summed E-state index contributed by atoms with van der Waals surface area (Å²) in [6, 6.07) is 5.07. The average molecular weight is 386 g/mol. The number of thioether (sulfide) groups is 1. The van der Waals surface area contributed by atoms with E-state index in [1.807, 2.05) is 0 Å². The van der Waals surface area contributed by atoms with Crippen LogP contribution in [-0.4, -0.2) is 74.6 Å². The summed E-state index contributed by atoms with van der Waals surface area (Å²) in [7, 11) is 0. The van der Waals surface area contributed by atoms with E-state index in [1.165, 1.54) is 43.1 Å². The fraction of sp³-hybridized carbons (Fsp3) is 0.667. The maximum absolute atomic E-state index is 5.78. The van der Waals surface area contributed by atoms with Crippen LogP contribution < -0.4 is 14.8 Å². The van der Waals surface area contributed by atoms with Gasteiger partial charge in [0.05, 0.1) is 0 Å². The fourth-order valence-corrected chi connectivity index (χ4v) is 4.58. The van der Waals surface area contributed by atoms with Crippen molar-refractivity contribution in [3.05, 3.63) is 17.7 Å². The first-order valence-electron chi connectivity index (χ1n) is 8.97. The molecule has 25 heavy (non-hydrogen) atoms. The molecule has 1 aromatic carbocycles. The number of nitrogens with zero attached hydrogens (tertiary/aromatic N) is 2. The molecule has 0 radical (unpaired) electrons. The van der Waals surface area contributed by atoms with E-state index in [2.05, 4.69) is 33.5 Å². The monoisotopic (exact) mass is 385 g/mol. The number of hydrogen-bond acceptors (Lipinski definition) is 6. The normalized spacial score (nSPS) is 24.1. The Kier molecular flexibility index (Phi) is 6.74. The molecule has 2 saturated heterocycles. The van der Waals surface area contributed by atoms with Crippen molar-refractivity contribution in [3.63, 3.8) is 0 Å². The first-order valence-corrected chi connectivity index (χ1v) is 10.2. The molecule has 2 fully saturated rings. The lowest BCUT2D eigenvalue weighted by Gasteiger charge is -2.32. The van der Waals surface area contributed by atoms with E-state index in [0.717, 1.165) is 37.2 Å². The summed E-state index contributed by atoms with van der Waals surface area (Å²) in [6.07, 6.45) is 3.43. The summed E-state index contributed by atoms with van der Waals surface area (Å²) < 4.78 is 11.5. The number of rotatable bonds is 4. The zero-order chi connectivity index (χ0) is 16.4. The van der Waals surface area contributed by atoms with Gasteiger partial charge in [-0.15, -0.1) is 24.2 Å². The molecule has 3 heterocycles. The Morgan fingerprint density at radius 3 is 2.56 bits per heavy atom. The molecule has 3 aliphatic rings. The highest BCUT2D eigenvalue weighted by Crippen LogP contribution is 2.37. The van der Waals surface area contributed by atoms with Crippen molar-refractivity contribution < 1.29 is 9.47 Å². The molecule has 0 aliphatic carbocycles. The first-order chi connectivity index (χ1) is 11.8. The standard InChI is InChI=1S/C18H27N3O2S.ClH/c1-24-18-11-17-16(22-8-9-23-17)10-14(18)12-20-5-2-15(13-20)21-6-3-19-4-7-21;/h10-11,15,19H,2-9,12-13H2,1H3;1H. The number of likely N-dealkylation sites (tertiary alicyclic amines) is 1. The summed E-state index contributed by atoms with van der Waals surface area (Å²) in [5, 5.41) is 3.45. The van der Waals surface area contributed by atoms with Crippen LogP contribution in [0.15, 0.2) is 17.0 Å². The highest BCUT2D eigenvalue weighted by Gasteiger charge is 2.29. The van der Waals surface area contributed by atoms with E-state index in [9.17, 15) is 0 Å². The van der Waals surface area contributed by atoms with Gasteiger partial charge in [0.25, 0.3) is 0 Å².